The summed E-state index contributed by atoms with van der Waals surface area (Å²) in [5.74, 6) is -1.25. The summed E-state index contributed by atoms with van der Waals surface area (Å²) >= 11 is 5.98. The summed E-state index contributed by atoms with van der Waals surface area (Å²) in [5.41, 5.74) is 1.45. The normalized spacial score (nSPS) is 16.9. The van der Waals surface area contributed by atoms with Gasteiger partial charge in [-0.25, -0.2) is 4.99 Å². The van der Waals surface area contributed by atoms with Crippen molar-refractivity contribution in [2.75, 3.05) is 13.2 Å². The van der Waals surface area contributed by atoms with Gasteiger partial charge < -0.3 is 15.0 Å². The Morgan fingerprint density at radius 3 is 2.58 bits per heavy atom. The van der Waals surface area contributed by atoms with Crippen LogP contribution in [0.5, 0.6) is 0 Å². The van der Waals surface area contributed by atoms with Gasteiger partial charge in [-0.05, 0) is 55.8 Å². The number of hydrogen-bond acceptors (Lipinski definition) is 4. The molecule has 1 aliphatic heterocycles. The van der Waals surface area contributed by atoms with Crippen molar-refractivity contribution < 1.29 is 14.3 Å². The highest BCUT2D eigenvalue weighted by Gasteiger charge is 2.22. The molecule has 0 bridgehead atoms. The Morgan fingerprint density at radius 2 is 2.00 bits per heavy atom. The molecule has 1 aromatic rings. The van der Waals surface area contributed by atoms with Gasteiger partial charge in [-0.2, -0.15) is 0 Å². The molecule has 1 aromatic carbocycles. The van der Waals surface area contributed by atoms with Crippen LogP contribution < -0.4 is 5.32 Å². The van der Waals surface area contributed by atoms with Crippen molar-refractivity contribution in [1.82, 2.24) is 10.2 Å². The number of ether oxygens (including phenoxy) is 1. The monoisotopic (exact) mass is 441 g/mol. The second kappa shape index (κ2) is 12.7. The van der Waals surface area contributed by atoms with E-state index < -0.39 is 11.8 Å². The SMILES string of the molecule is C=C/C=C(\C=C)N(/C=C(\C(=O)N=C)C(=O)NCC1CCCCO1)Cc1ccc(Cl)cc1. The molecule has 0 saturated carbocycles. The maximum atomic E-state index is 12.8. The maximum absolute atomic E-state index is 12.8. The van der Waals surface area contributed by atoms with E-state index in [2.05, 4.69) is 30.2 Å². The predicted molar refractivity (Wildman–Crippen MR) is 125 cm³/mol. The quantitative estimate of drug-likeness (QED) is 0.194. The van der Waals surface area contributed by atoms with E-state index in [0.29, 0.717) is 30.4 Å². The fourth-order valence-corrected chi connectivity index (χ4v) is 3.25. The molecule has 1 heterocycles. The zero-order valence-electron chi connectivity index (χ0n) is 17.6. The highest BCUT2D eigenvalue weighted by atomic mass is 35.5. The zero-order valence-corrected chi connectivity index (χ0v) is 18.3. The van der Waals surface area contributed by atoms with Crippen molar-refractivity contribution in [1.29, 1.82) is 0 Å². The highest BCUT2D eigenvalue weighted by molar-refractivity contribution is 6.30. The number of aliphatic imine (C=N–C) groups is 1. The van der Waals surface area contributed by atoms with Crippen molar-refractivity contribution in [3.05, 3.63) is 83.7 Å². The molecule has 7 heteroatoms. The smallest absolute Gasteiger partial charge is 0.283 e. The molecule has 1 atom stereocenters. The van der Waals surface area contributed by atoms with Crippen molar-refractivity contribution in [2.45, 2.75) is 31.9 Å². The Kier molecular flexibility index (Phi) is 9.94. The summed E-state index contributed by atoms with van der Waals surface area (Å²) in [6.45, 7) is 12.2. The van der Waals surface area contributed by atoms with E-state index in [0.717, 1.165) is 24.8 Å². The van der Waals surface area contributed by atoms with E-state index >= 15 is 0 Å². The predicted octanol–water partition coefficient (Wildman–Crippen LogP) is 4.19. The van der Waals surface area contributed by atoms with Crippen LogP contribution >= 0.6 is 11.6 Å². The summed E-state index contributed by atoms with van der Waals surface area (Å²) < 4.78 is 5.64. The van der Waals surface area contributed by atoms with Gasteiger partial charge in [0, 0.05) is 36.6 Å². The van der Waals surface area contributed by atoms with Crippen LogP contribution in [-0.2, 0) is 20.9 Å². The zero-order chi connectivity index (χ0) is 22.6. The Balaban J connectivity index is 2.30. The molecule has 2 amide bonds. The lowest BCUT2D eigenvalue weighted by atomic mass is 10.1. The van der Waals surface area contributed by atoms with E-state index in [-0.39, 0.29) is 11.7 Å². The maximum Gasteiger partial charge on any atom is 0.283 e. The molecule has 0 aliphatic carbocycles. The van der Waals surface area contributed by atoms with Crippen LogP contribution in [0.3, 0.4) is 0 Å². The Bertz CT molecular complexity index is 869. The first-order chi connectivity index (χ1) is 15.0. The Hall–Kier alpha value is -2.96. The number of carbonyl (C=O) groups is 2. The molecule has 1 N–H and O–H groups in total. The van der Waals surface area contributed by atoms with E-state index in [1.807, 2.05) is 12.1 Å². The fraction of sp³-hybridized carbons (Fsp3) is 0.292. The number of halogens is 1. The molecular weight excluding hydrogens is 414 g/mol. The molecule has 31 heavy (non-hydrogen) atoms. The van der Waals surface area contributed by atoms with Crippen LogP contribution in [0.2, 0.25) is 5.02 Å². The van der Waals surface area contributed by atoms with Gasteiger partial charge in [0.15, 0.2) is 0 Å². The van der Waals surface area contributed by atoms with Gasteiger partial charge in [-0.1, -0.05) is 43.0 Å². The molecule has 1 aliphatic rings. The summed E-state index contributed by atoms with van der Waals surface area (Å²) in [4.78, 5) is 30.4. The fourth-order valence-electron chi connectivity index (χ4n) is 3.12. The van der Waals surface area contributed by atoms with Crippen molar-refractivity contribution >= 4 is 30.1 Å². The second-order valence-corrected chi connectivity index (χ2v) is 7.43. The first kappa shape index (κ1) is 24.3. The Morgan fingerprint density at radius 1 is 1.26 bits per heavy atom. The number of allylic oxidation sites excluding steroid dienone is 3. The lowest BCUT2D eigenvalue weighted by Crippen LogP contribution is -2.37. The van der Waals surface area contributed by atoms with E-state index in [1.165, 1.54) is 6.20 Å². The van der Waals surface area contributed by atoms with Gasteiger partial charge in [0.2, 0.25) is 0 Å². The van der Waals surface area contributed by atoms with E-state index in [1.54, 1.807) is 35.3 Å². The van der Waals surface area contributed by atoms with Crippen molar-refractivity contribution in [2.24, 2.45) is 4.99 Å². The third kappa shape index (κ3) is 7.66. The third-order valence-electron chi connectivity index (χ3n) is 4.76. The standard InChI is InChI=1S/C24H28ClN3O3/c1-4-8-20(5-2)28(16-18-10-12-19(25)13-11-18)17-22(23(29)26-3)24(30)27-15-21-9-6-7-14-31-21/h4-5,8,10-13,17,21H,1-3,6-7,9,14-16H2,(H,27,30)/b20-8+,22-17+. The minimum Gasteiger partial charge on any atom is -0.376 e. The lowest BCUT2D eigenvalue weighted by Gasteiger charge is -2.24. The van der Waals surface area contributed by atoms with Crippen LogP contribution in [0.1, 0.15) is 24.8 Å². The first-order valence-electron chi connectivity index (χ1n) is 10.1. The van der Waals surface area contributed by atoms with Crippen LogP contribution in [0.25, 0.3) is 0 Å². The van der Waals surface area contributed by atoms with Crippen molar-refractivity contribution in [3.63, 3.8) is 0 Å². The molecule has 1 saturated heterocycles. The number of carbonyl (C=O) groups excluding carboxylic acids is 2. The van der Waals surface area contributed by atoms with E-state index in [4.69, 9.17) is 16.3 Å². The molecule has 0 radical (unpaired) electrons. The number of nitrogens with zero attached hydrogens (tertiary/aromatic N) is 2. The van der Waals surface area contributed by atoms with Gasteiger partial charge in [0.25, 0.3) is 11.8 Å². The van der Waals surface area contributed by atoms with Crippen LogP contribution in [0, 0.1) is 0 Å². The molecule has 0 aromatic heterocycles. The highest BCUT2D eigenvalue weighted by Crippen LogP contribution is 2.18. The van der Waals surface area contributed by atoms with Crippen LogP contribution in [0.4, 0.5) is 0 Å². The molecule has 2 rings (SSSR count). The molecule has 1 unspecified atom stereocenters. The minimum atomic E-state index is -0.717. The van der Waals surface area contributed by atoms with Gasteiger partial charge >= 0.3 is 0 Å². The van der Waals surface area contributed by atoms with Gasteiger partial charge in [-0.3, -0.25) is 9.59 Å². The van der Waals surface area contributed by atoms with Crippen LogP contribution in [-0.4, -0.2) is 42.7 Å². The number of rotatable bonds is 10. The van der Waals surface area contributed by atoms with Crippen LogP contribution in [0.15, 0.2) is 78.1 Å². The summed E-state index contributed by atoms with van der Waals surface area (Å²) in [6, 6.07) is 7.28. The number of nitrogens with one attached hydrogen (secondary N) is 1. The largest absolute Gasteiger partial charge is 0.376 e. The molecule has 0 spiro atoms. The molecule has 6 nitrogen and oxygen atoms in total. The number of amides is 2. The molecule has 1 fully saturated rings. The van der Waals surface area contributed by atoms with Gasteiger partial charge in [-0.15, -0.1) is 0 Å². The van der Waals surface area contributed by atoms with Gasteiger partial charge in [0.1, 0.15) is 5.57 Å². The number of hydrogen-bond donors (Lipinski definition) is 1. The van der Waals surface area contributed by atoms with Crippen molar-refractivity contribution in [3.8, 4) is 0 Å². The Labute approximate surface area is 188 Å². The number of benzene rings is 1. The van der Waals surface area contributed by atoms with Gasteiger partial charge in [0.05, 0.1) is 6.10 Å². The topological polar surface area (TPSA) is 71.0 Å². The molecule has 164 valence electrons. The summed E-state index contributed by atoms with van der Waals surface area (Å²) in [6.07, 6.45) is 9.31. The lowest BCUT2D eigenvalue weighted by molar-refractivity contribution is -0.122. The first-order valence-corrected chi connectivity index (χ1v) is 10.4. The summed E-state index contributed by atoms with van der Waals surface area (Å²) in [7, 11) is 0. The average Bonchev–Trinajstić information content (AvgIpc) is 2.80. The minimum absolute atomic E-state index is 0.0553. The average molecular weight is 442 g/mol. The summed E-state index contributed by atoms with van der Waals surface area (Å²) in [5, 5.41) is 3.40. The molecular formula is C24H28ClN3O3. The third-order valence-corrected chi connectivity index (χ3v) is 5.02. The van der Waals surface area contributed by atoms with E-state index in [9.17, 15) is 9.59 Å². The second-order valence-electron chi connectivity index (χ2n) is 6.99.